The Bertz CT molecular complexity index is 1130. The summed E-state index contributed by atoms with van der Waals surface area (Å²) in [5.41, 5.74) is 4.96. The number of benzene rings is 2. The van der Waals surface area contributed by atoms with Crippen molar-refractivity contribution in [3.05, 3.63) is 70.9 Å². The predicted molar refractivity (Wildman–Crippen MR) is 125 cm³/mol. The molecule has 1 N–H and O–H groups in total. The lowest BCUT2D eigenvalue weighted by atomic mass is 9.80. The van der Waals surface area contributed by atoms with E-state index in [1.54, 1.807) is 0 Å². The van der Waals surface area contributed by atoms with E-state index < -0.39 is 5.97 Å². The molecule has 4 heteroatoms. The first-order valence-corrected chi connectivity index (χ1v) is 11.0. The fourth-order valence-electron chi connectivity index (χ4n) is 4.25. The van der Waals surface area contributed by atoms with Crippen LogP contribution >= 0.6 is 0 Å². The van der Waals surface area contributed by atoms with E-state index in [1.165, 1.54) is 0 Å². The van der Waals surface area contributed by atoms with Crippen LogP contribution in [0.1, 0.15) is 60.8 Å². The van der Waals surface area contributed by atoms with Crippen LogP contribution in [0, 0.1) is 11.8 Å². The fraction of sp³-hybridized carbons (Fsp3) is 0.333. The Morgan fingerprint density at radius 1 is 1.16 bits per heavy atom. The van der Waals surface area contributed by atoms with Crippen molar-refractivity contribution in [2.75, 3.05) is 6.61 Å². The molecule has 1 aliphatic carbocycles. The zero-order valence-corrected chi connectivity index (χ0v) is 18.4. The highest BCUT2D eigenvalue weighted by Gasteiger charge is 2.27. The molecule has 1 heterocycles. The molecule has 1 aliphatic rings. The first kappa shape index (κ1) is 21.1. The van der Waals surface area contributed by atoms with Crippen molar-refractivity contribution in [2.24, 2.45) is 11.8 Å². The summed E-state index contributed by atoms with van der Waals surface area (Å²) in [5.74, 6) is 0.971. The summed E-state index contributed by atoms with van der Waals surface area (Å²) in [4.78, 5) is 17.1. The molecule has 1 aromatic heterocycles. The monoisotopic (exact) mass is 415 g/mol. The van der Waals surface area contributed by atoms with E-state index in [4.69, 9.17) is 9.72 Å². The molecule has 0 spiro atoms. The van der Waals surface area contributed by atoms with E-state index in [-0.39, 0.29) is 0 Å². The molecule has 0 radical (unpaired) electrons. The van der Waals surface area contributed by atoms with Gasteiger partial charge in [0.2, 0.25) is 0 Å². The number of allylic oxidation sites excluding steroid dienone is 1. The van der Waals surface area contributed by atoms with Gasteiger partial charge in [-0.2, -0.15) is 0 Å². The van der Waals surface area contributed by atoms with Crippen molar-refractivity contribution in [2.45, 2.75) is 40.0 Å². The van der Waals surface area contributed by atoms with Gasteiger partial charge in [-0.25, -0.2) is 9.78 Å². The summed E-state index contributed by atoms with van der Waals surface area (Å²) >= 11 is 0. The van der Waals surface area contributed by atoms with Crippen molar-refractivity contribution in [3.8, 4) is 5.75 Å². The highest BCUT2D eigenvalue weighted by molar-refractivity contribution is 6.05. The maximum atomic E-state index is 12.2. The number of hydrogen-bond acceptors (Lipinski definition) is 3. The van der Waals surface area contributed by atoms with Gasteiger partial charge in [-0.05, 0) is 72.1 Å². The number of pyridine rings is 1. The van der Waals surface area contributed by atoms with Crippen LogP contribution in [-0.4, -0.2) is 22.7 Å². The van der Waals surface area contributed by atoms with Crippen LogP contribution in [0.5, 0.6) is 5.75 Å². The second kappa shape index (κ2) is 8.93. The number of carboxylic acid groups (broad SMARTS) is 1. The minimum Gasteiger partial charge on any atom is -0.494 e. The van der Waals surface area contributed by atoms with Gasteiger partial charge in [-0.15, -0.1) is 0 Å². The Kier molecular flexibility index (Phi) is 6.08. The molecule has 0 amide bonds. The minimum atomic E-state index is -0.883. The van der Waals surface area contributed by atoms with Crippen LogP contribution < -0.4 is 4.74 Å². The molecule has 160 valence electrons. The number of nitrogens with zero attached hydrogens (tertiary/aromatic N) is 1. The Balaban J connectivity index is 1.71. The number of para-hydroxylation sites is 1. The van der Waals surface area contributed by atoms with E-state index >= 15 is 0 Å². The van der Waals surface area contributed by atoms with Crippen LogP contribution in [0.15, 0.2) is 48.5 Å². The van der Waals surface area contributed by atoms with Crippen molar-refractivity contribution >= 4 is 28.5 Å². The van der Waals surface area contributed by atoms with Gasteiger partial charge < -0.3 is 9.84 Å². The molecule has 0 aliphatic heterocycles. The number of carbonyl (C=O) groups is 1. The lowest BCUT2D eigenvalue weighted by Crippen LogP contribution is -2.17. The molecule has 31 heavy (non-hydrogen) atoms. The minimum absolute atomic E-state index is 0.360. The molecular formula is C27H29NO3. The average Bonchev–Trinajstić information content (AvgIpc) is 2.73. The van der Waals surface area contributed by atoms with Gasteiger partial charge in [-0.1, -0.05) is 51.1 Å². The zero-order valence-electron chi connectivity index (χ0n) is 18.4. The Labute approximate surface area is 183 Å². The van der Waals surface area contributed by atoms with E-state index in [2.05, 4.69) is 39.0 Å². The summed E-state index contributed by atoms with van der Waals surface area (Å²) in [6.07, 6.45) is 4.78. The van der Waals surface area contributed by atoms with E-state index in [0.29, 0.717) is 22.8 Å². The fourth-order valence-corrected chi connectivity index (χ4v) is 4.25. The highest BCUT2D eigenvalue weighted by Crippen LogP contribution is 2.38. The molecule has 1 unspecified atom stereocenters. The molecule has 3 aromatic rings. The molecule has 1 atom stereocenters. The Hall–Kier alpha value is -3.14. The third-order valence-corrected chi connectivity index (χ3v) is 5.82. The van der Waals surface area contributed by atoms with Gasteiger partial charge in [0.1, 0.15) is 5.75 Å². The average molecular weight is 416 g/mol. The molecule has 0 saturated carbocycles. The number of hydrogen-bond donors (Lipinski definition) is 1. The molecule has 0 bridgehead atoms. The van der Waals surface area contributed by atoms with Gasteiger partial charge in [0, 0.05) is 5.39 Å². The third-order valence-electron chi connectivity index (χ3n) is 5.82. The molecule has 0 saturated heterocycles. The van der Waals surface area contributed by atoms with Crippen molar-refractivity contribution in [1.82, 2.24) is 4.98 Å². The zero-order chi connectivity index (χ0) is 22.0. The van der Waals surface area contributed by atoms with E-state index in [1.807, 2.05) is 36.4 Å². The highest BCUT2D eigenvalue weighted by atomic mass is 16.5. The van der Waals surface area contributed by atoms with Gasteiger partial charge in [0.05, 0.1) is 23.4 Å². The van der Waals surface area contributed by atoms with Crippen LogP contribution in [-0.2, 0) is 6.42 Å². The second-order valence-corrected chi connectivity index (χ2v) is 8.92. The molecule has 4 rings (SSSR count). The Morgan fingerprint density at radius 3 is 2.61 bits per heavy atom. The third kappa shape index (κ3) is 4.63. The van der Waals surface area contributed by atoms with E-state index in [0.717, 1.165) is 59.5 Å². The standard InChI is InChI=1S/C27H29NO3/c1-17(2)12-13-31-21-10-8-19(9-11-21)16-20-14-18(3)15-23-25(27(29)30)22-6-4-5-7-24(22)28-26(20)23/h4-11,16-18H,12-15H2,1-3H3,(H,29,30). The lowest BCUT2D eigenvalue weighted by Gasteiger charge is -2.26. The second-order valence-electron chi connectivity index (χ2n) is 8.92. The predicted octanol–water partition coefficient (Wildman–Crippen LogP) is 6.48. The lowest BCUT2D eigenvalue weighted by molar-refractivity contribution is 0.0697. The molecule has 4 nitrogen and oxygen atoms in total. The quantitative estimate of drug-likeness (QED) is 0.500. The van der Waals surface area contributed by atoms with Crippen LogP contribution in [0.2, 0.25) is 0 Å². The number of aromatic carboxylic acids is 1. The summed E-state index contributed by atoms with van der Waals surface area (Å²) in [6, 6.07) is 15.6. The normalized spacial score (nSPS) is 17.2. The Morgan fingerprint density at radius 2 is 1.90 bits per heavy atom. The van der Waals surface area contributed by atoms with Gasteiger partial charge in [0.15, 0.2) is 0 Å². The number of aromatic nitrogens is 1. The first-order valence-electron chi connectivity index (χ1n) is 11.0. The van der Waals surface area contributed by atoms with Crippen LogP contribution in [0.25, 0.3) is 22.6 Å². The summed E-state index contributed by atoms with van der Waals surface area (Å²) in [7, 11) is 0. The van der Waals surface area contributed by atoms with Gasteiger partial charge in [0.25, 0.3) is 0 Å². The van der Waals surface area contributed by atoms with Crippen molar-refractivity contribution < 1.29 is 14.6 Å². The van der Waals surface area contributed by atoms with Crippen LogP contribution in [0.3, 0.4) is 0 Å². The first-order chi connectivity index (χ1) is 14.9. The maximum Gasteiger partial charge on any atom is 0.336 e. The molecule has 0 fully saturated rings. The number of rotatable bonds is 6. The van der Waals surface area contributed by atoms with Gasteiger partial charge in [-0.3, -0.25) is 0 Å². The molecular weight excluding hydrogens is 386 g/mol. The maximum absolute atomic E-state index is 12.2. The summed E-state index contributed by atoms with van der Waals surface area (Å²) < 4.78 is 5.83. The largest absolute Gasteiger partial charge is 0.494 e. The van der Waals surface area contributed by atoms with Gasteiger partial charge >= 0.3 is 5.97 Å². The smallest absolute Gasteiger partial charge is 0.336 e. The van der Waals surface area contributed by atoms with Crippen molar-refractivity contribution in [1.29, 1.82) is 0 Å². The number of fused-ring (bicyclic) bond motifs is 2. The van der Waals surface area contributed by atoms with E-state index in [9.17, 15) is 9.90 Å². The molecule has 2 aromatic carbocycles. The summed E-state index contributed by atoms with van der Waals surface area (Å²) in [6.45, 7) is 7.27. The summed E-state index contributed by atoms with van der Waals surface area (Å²) in [5, 5.41) is 10.7. The number of ether oxygens (including phenoxy) is 1. The topological polar surface area (TPSA) is 59.4 Å². The van der Waals surface area contributed by atoms with Crippen LogP contribution in [0.4, 0.5) is 0 Å². The number of carboxylic acids is 1. The van der Waals surface area contributed by atoms with Crippen molar-refractivity contribution in [3.63, 3.8) is 0 Å². The SMILES string of the molecule is CC(C)CCOc1ccc(C=C2CC(C)Cc3c2nc2ccccc2c3C(=O)O)cc1.